The lowest BCUT2D eigenvalue weighted by molar-refractivity contribution is -0.125. The van der Waals surface area contributed by atoms with Gasteiger partial charge in [0.25, 0.3) is 0 Å². The highest BCUT2D eigenvalue weighted by molar-refractivity contribution is 6.00. The van der Waals surface area contributed by atoms with Gasteiger partial charge in [-0.1, -0.05) is 44.9 Å². The van der Waals surface area contributed by atoms with Crippen molar-refractivity contribution < 1.29 is 9.53 Å². The van der Waals surface area contributed by atoms with Crippen LogP contribution in [0.15, 0.2) is 30.5 Å². The molecule has 1 aromatic carbocycles. The van der Waals surface area contributed by atoms with Gasteiger partial charge in [-0.25, -0.2) is 4.98 Å². The van der Waals surface area contributed by atoms with Crippen molar-refractivity contribution >= 4 is 23.4 Å². The molecule has 1 saturated carbocycles. The van der Waals surface area contributed by atoms with E-state index in [-0.39, 0.29) is 11.9 Å². The van der Waals surface area contributed by atoms with Gasteiger partial charge in [0.15, 0.2) is 5.82 Å². The molecule has 2 heterocycles. The second kappa shape index (κ2) is 10.4. The standard InChI is InChI=1S/C24H33N5O2.C2H6/c1-16(18-12-8-9-13-20(18)31-5)26-23-25-14-19-21(27-23)29(17-10-6-7-11-17)15-24(2,3)22(30)28(19)4;1-2/h8-9,12-14,16-17H,6-7,10-11,15H2,1-5H3,(H,25,26,27);1-2H3/t16-;/m0./s1. The van der Waals surface area contributed by atoms with Crippen LogP contribution in [-0.4, -0.2) is 42.6 Å². The van der Waals surface area contributed by atoms with Gasteiger partial charge in [0.2, 0.25) is 11.9 Å². The van der Waals surface area contributed by atoms with Gasteiger partial charge in [-0.2, -0.15) is 4.98 Å². The molecule has 0 saturated heterocycles. The summed E-state index contributed by atoms with van der Waals surface area (Å²) in [7, 11) is 3.51. The third-order valence-corrected chi connectivity index (χ3v) is 6.55. The Labute approximate surface area is 198 Å². The van der Waals surface area contributed by atoms with Crippen molar-refractivity contribution in [3.05, 3.63) is 36.0 Å². The first-order valence-electron chi connectivity index (χ1n) is 12.1. The molecule has 0 unspecified atom stereocenters. The number of para-hydroxylation sites is 1. The Kier molecular flexibility index (Phi) is 7.82. The van der Waals surface area contributed by atoms with Crippen LogP contribution < -0.4 is 19.9 Å². The molecule has 7 nitrogen and oxygen atoms in total. The number of nitrogens with zero attached hydrogens (tertiary/aromatic N) is 4. The van der Waals surface area contributed by atoms with Gasteiger partial charge in [-0.15, -0.1) is 0 Å². The van der Waals surface area contributed by atoms with Crippen molar-refractivity contribution in [3.63, 3.8) is 0 Å². The zero-order valence-electron chi connectivity index (χ0n) is 21.2. The highest BCUT2D eigenvalue weighted by Crippen LogP contribution is 2.40. The number of aromatic nitrogens is 2. The van der Waals surface area contributed by atoms with Gasteiger partial charge >= 0.3 is 0 Å². The monoisotopic (exact) mass is 453 g/mol. The minimum absolute atomic E-state index is 0.0317. The van der Waals surface area contributed by atoms with E-state index in [1.165, 1.54) is 12.8 Å². The fourth-order valence-corrected chi connectivity index (χ4v) is 4.83. The number of carbonyl (C=O) groups is 1. The Morgan fingerprint density at radius 3 is 2.52 bits per heavy atom. The zero-order chi connectivity index (χ0) is 24.2. The van der Waals surface area contributed by atoms with Gasteiger partial charge in [0.1, 0.15) is 11.4 Å². The molecule has 0 radical (unpaired) electrons. The van der Waals surface area contributed by atoms with E-state index in [2.05, 4.69) is 22.1 Å². The maximum Gasteiger partial charge on any atom is 0.234 e. The van der Waals surface area contributed by atoms with Crippen LogP contribution in [0.1, 0.15) is 71.9 Å². The number of benzene rings is 1. The molecule has 1 amide bonds. The van der Waals surface area contributed by atoms with E-state index >= 15 is 0 Å². The van der Waals surface area contributed by atoms with Gasteiger partial charge in [-0.3, -0.25) is 4.79 Å². The summed E-state index contributed by atoms with van der Waals surface area (Å²) >= 11 is 0. The van der Waals surface area contributed by atoms with E-state index in [4.69, 9.17) is 9.72 Å². The zero-order valence-corrected chi connectivity index (χ0v) is 21.2. The van der Waals surface area contributed by atoms with E-state index in [1.54, 1.807) is 18.2 Å². The summed E-state index contributed by atoms with van der Waals surface area (Å²) in [5.41, 5.74) is 1.33. The number of amides is 1. The molecule has 33 heavy (non-hydrogen) atoms. The molecular weight excluding hydrogens is 414 g/mol. The minimum atomic E-state index is -0.490. The van der Waals surface area contributed by atoms with Crippen LogP contribution in [0.25, 0.3) is 0 Å². The first-order chi connectivity index (χ1) is 15.8. The second-order valence-corrected chi connectivity index (χ2v) is 9.32. The molecule has 7 heteroatoms. The number of methoxy groups -OCH3 is 1. The minimum Gasteiger partial charge on any atom is -0.496 e. The molecule has 0 spiro atoms. The Balaban J connectivity index is 0.00000149. The average molecular weight is 454 g/mol. The predicted octanol–water partition coefficient (Wildman–Crippen LogP) is 5.44. The highest BCUT2D eigenvalue weighted by Gasteiger charge is 2.41. The van der Waals surface area contributed by atoms with Crippen LogP contribution in [0.4, 0.5) is 17.5 Å². The topological polar surface area (TPSA) is 70.6 Å². The van der Waals surface area contributed by atoms with Crippen LogP contribution in [0.3, 0.4) is 0 Å². The van der Waals surface area contributed by atoms with Crippen molar-refractivity contribution in [3.8, 4) is 5.75 Å². The maximum atomic E-state index is 13.1. The van der Waals surface area contributed by atoms with Crippen LogP contribution in [0.5, 0.6) is 5.75 Å². The van der Waals surface area contributed by atoms with Crippen molar-refractivity contribution in [1.82, 2.24) is 9.97 Å². The number of anilines is 3. The molecule has 1 aliphatic carbocycles. The number of ether oxygens (including phenoxy) is 1. The van der Waals surface area contributed by atoms with E-state index in [0.29, 0.717) is 18.5 Å². The van der Waals surface area contributed by atoms with Gasteiger partial charge in [0.05, 0.1) is 24.8 Å². The van der Waals surface area contributed by atoms with Gasteiger partial charge < -0.3 is 19.9 Å². The molecule has 0 bridgehead atoms. The normalized spacial score (nSPS) is 18.7. The van der Waals surface area contributed by atoms with Crippen LogP contribution in [0.2, 0.25) is 0 Å². The number of carbonyl (C=O) groups excluding carboxylic acids is 1. The molecule has 2 aromatic rings. The Morgan fingerprint density at radius 1 is 1.18 bits per heavy atom. The smallest absolute Gasteiger partial charge is 0.234 e. The molecule has 1 aromatic heterocycles. The summed E-state index contributed by atoms with van der Waals surface area (Å²) in [4.78, 5) is 26.7. The maximum absolute atomic E-state index is 13.1. The molecular formula is C26H39N5O2. The Morgan fingerprint density at radius 2 is 1.85 bits per heavy atom. The lowest BCUT2D eigenvalue weighted by Crippen LogP contribution is -2.45. The van der Waals surface area contributed by atoms with E-state index < -0.39 is 5.41 Å². The molecule has 1 aliphatic heterocycles. The SMILES string of the molecule is CC.COc1ccccc1[C@H](C)Nc1ncc2c(n1)N(C1CCCC1)CC(C)(C)C(=O)N2C. The third kappa shape index (κ3) is 5.07. The van der Waals surface area contributed by atoms with Gasteiger partial charge in [0, 0.05) is 25.2 Å². The third-order valence-electron chi connectivity index (χ3n) is 6.55. The molecule has 180 valence electrons. The lowest BCUT2D eigenvalue weighted by atomic mass is 9.91. The van der Waals surface area contributed by atoms with Crippen LogP contribution >= 0.6 is 0 Å². The molecule has 1 N–H and O–H groups in total. The van der Waals surface area contributed by atoms with Crippen molar-refractivity contribution in [2.75, 3.05) is 35.8 Å². The summed E-state index contributed by atoms with van der Waals surface area (Å²) in [6, 6.07) is 8.33. The predicted molar refractivity (Wildman–Crippen MR) is 135 cm³/mol. The average Bonchev–Trinajstić information content (AvgIpc) is 3.35. The Hall–Kier alpha value is -2.83. The molecule has 4 rings (SSSR count). The van der Waals surface area contributed by atoms with E-state index in [0.717, 1.165) is 35.7 Å². The molecule has 1 atom stereocenters. The summed E-state index contributed by atoms with van der Waals surface area (Å²) < 4.78 is 5.51. The molecule has 1 fully saturated rings. The van der Waals surface area contributed by atoms with Crippen LogP contribution in [-0.2, 0) is 4.79 Å². The number of fused-ring (bicyclic) bond motifs is 1. The first kappa shape index (κ1) is 24.8. The number of hydrogen-bond donors (Lipinski definition) is 1. The summed E-state index contributed by atoms with van der Waals surface area (Å²) in [6.07, 6.45) is 6.50. The summed E-state index contributed by atoms with van der Waals surface area (Å²) in [6.45, 7) is 10.8. The van der Waals surface area contributed by atoms with E-state index in [1.807, 2.05) is 59.0 Å². The summed E-state index contributed by atoms with van der Waals surface area (Å²) in [5, 5.41) is 3.43. The highest BCUT2D eigenvalue weighted by atomic mass is 16.5. The number of hydrogen-bond acceptors (Lipinski definition) is 6. The van der Waals surface area contributed by atoms with Crippen molar-refractivity contribution in [1.29, 1.82) is 0 Å². The summed E-state index contributed by atoms with van der Waals surface area (Å²) in [5.74, 6) is 2.33. The van der Waals surface area contributed by atoms with Crippen molar-refractivity contribution in [2.24, 2.45) is 5.41 Å². The van der Waals surface area contributed by atoms with Gasteiger partial charge in [-0.05, 0) is 39.7 Å². The lowest BCUT2D eigenvalue weighted by Gasteiger charge is -2.34. The Bertz CT molecular complexity index is 955. The van der Waals surface area contributed by atoms with E-state index in [9.17, 15) is 4.79 Å². The second-order valence-electron chi connectivity index (χ2n) is 9.32. The fraction of sp³-hybridized carbons (Fsp3) is 0.577. The fourth-order valence-electron chi connectivity index (χ4n) is 4.83. The van der Waals surface area contributed by atoms with Crippen LogP contribution in [0, 0.1) is 5.41 Å². The number of nitrogens with one attached hydrogen (secondary N) is 1. The number of rotatable bonds is 5. The first-order valence-corrected chi connectivity index (χ1v) is 12.1. The van der Waals surface area contributed by atoms with Crippen molar-refractivity contribution in [2.45, 2.75) is 72.4 Å². The quantitative estimate of drug-likeness (QED) is 0.650. The molecule has 2 aliphatic rings. The largest absolute Gasteiger partial charge is 0.496 e.